The summed E-state index contributed by atoms with van der Waals surface area (Å²) in [5.74, 6) is -0.617. The van der Waals surface area contributed by atoms with Crippen LogP contribution >= 0.6 is 0 Å². The van der Waals surface area contributed by atoms with Gasteiger partial charge < -0.3 is 10.6 Å². The molecule has 0 unspecified atom stereocenters. The Hall–Kier alpha value is -2.71. The number of sulfonamides is 1. The maximum atomic E-state index is 12.4. The van der Waals surface area contributed by atoms with Gasteiger partial charge in [0.25, 0.3) is 0 Å². The number of anilines is 2. The van der Waals surface area contributed by atoms with E-state index in [4.69, 9.17) is 0 Å². The average molecular weight is 375 g/mol. The van der Waals surface area contributed by atoms with Crippen molar-refractivity contribution in [3.63, 3.8) is 0 Å². The first-order chi connectivity index (χ1) is 12.3. The number of hydrogen-bond acceptors (Lipinski definition) is 4. The first-order valence-corrected chi connectivity index (χ1v) is 9.48. The van der Waals surface area contributed by atoms with E-state index in [-0.39, 0.29) is 17.3 Å². The Morgan fingerprint density at radius 2 is 1.50 bits per heavy atom. The van der Waals surface area contributed by atoms with Crippen molar-refractivity contribution in [1.29, 1.82) is 0 Å². The van der Waals surface area contributed by atoms with E-state index < -0.39 is 15.9 Å². The molecule has 0 aromatic heterocycles. The Balaban J connectivity index is 2.02. The Labute approximate surface area is 153 Å². The zero-order valence-corrected chi connectivity index (χ0v) is 15.4. The summed E-state index contributed by atoms with van der Waals surface area (Å²) >= 11 is 0. The molecule has 0 saturated carbocycles. The van der Waals surface area contributed by atoms with Gasteiger partial charge in [0.2, 0.25) is 21.8 Å². The molecule has 8 heteroatoms. The summed E-state index contributed by atoms with van der Waals surface area (Å²) in [5, 5.41) is 5.33. The quantitative estimate of drug-likeness (QED) is 0.776. The van der Waals surface area contributed by atoms with Crippen molar-refractivity contribution >= 4 is 33.2 Å². The highest BCUT2D eigenvalue weighted by molar-refractivity contribution is 7.89. The van der Waals surface area contributed by atoms with Crippen molar-refractivity contribution in [2.75, 3.05) is 24.2 Å². The fourth-order valence-corrected chi connectivity index (χ4v) is 3.33. The van der Waals surface area contributed by atoms with Crippen LogP contribution in [0.5, 0.6) is 0 Å². The van der Waals surface area contributed by atoms with Gasteiger partial charge >= 0.3 is 0 Å². The number of nitrogens with zero attached hydrogens (tertiary/aromatic N) is 1. The molecule has 0 fully saturated rings. The molecule has 0 radical (unpaired) electrons. The van der Waals surface area contributed by atoms with Gasteiger partial charge in [-0.1, -0.05) is 31.2 Å². The van der Waals surface area contributed by atoms with E-state index in [1.165, 1.54) is 19.2 Å². The Kier molecular flexibility index (Phi) is 6.48. The molecule has 26 heavy (non-hydrogen) atoms. The van der Waals surface area contributed by atoms with E-state index in [1.807, 2.05) is 0 Å². The van der Waals surface area contributed by atoms with Crippen LogP contribution in [0.1, 0.15) is 13.3 Å². The predicted octanol–water partition coefficient (Wildman–Crippen LogP) is 2.29. The molecule has 7 nitrogen and oxygen atoms in total. The first kappa shape index (κ1) is 19.6. The van der Waals surface area contributed by atoms with Crippen LogP contribution in [0.3, 0.4) is 0 Å². The number of amides is 2. The molecule has 2 rings (SSSR count). The molecule has 2 N–H and O–H groups in total. The van der Waals surface area contributed by atoms with E-state index >= 15 is 0 Å². The van der Waals surface area contributed by atoms with Crippen molar-refractivity contribution < 1.29 is 18.0 Å². The van der Waals surface area contributed by atoms with Crippen molar-refractivity contribution in [1.82, 2.24) is 4.31 Å². The summed E-state index contributed by atoms with van der Waals surface area (Å²) in [4.78, 5) is 23.7. The Morgan fingerprint density at radius 3 is 2.08 bits per heavy atom. The number of benzene rings is 2. The minimum atomic E-state index is -3.74. The van der Waals surface area contributed by atoms with Crippen molar-refractivity contribution in [2.24, 2.45) is 0 Å². The molecule has 0 aliphatic rings. The molecule has 0 saturated heterocycles. The molecule has 0 spiro atoms. The molecular weight excluding hydrogens is 354 g/mol. The lowest BCUT2D eigenvalue weighted by Crippen LogP contribution is -2.34. The maximum absolute atomic E-state index is 12.4. The average Bonchev–Trinajstić information content (AvgIpc) is 2.62. The van der Waals surface area contributed by atoms with E-state index in [2.05, 4.69) is 10.6 Å². The Bertz CT molecular complexity index is 882. The van der Waals surface area contributed by atoms with E-state index in [0.29, 0.717) is 17.8 Å². The summed E-state index contributed by atoms with van der Waals surface area (Å²) in [6, 6.07) is 14.6. The molecule has 2 aromatic carbocycles. The fourth-order valence-electron chi connectivity index (χ4n) is 2.18. The lowest BCUT2D eigenvalue weighted by Gasteiger charge is -2.17. The number of rotatable bonds is 7. The van der Waals surface area contributed by atoms with Crippen LogP contribution in [0.4, 0.5) is 11.4 Å². The number of carbonyl (C=O) groups excluding carboxylic acids is 2. The molecule has 0 aliphatic carbocycles. The largest absolute Gasteiger partial charge is 0.326 e. The minimum absolute atomic E-state index is 0.125. The second kappa shape index (κ2) is 8.59. The molecule has 0 atom stereocenters. The van der Waals surface area contributed by atoms with Gasteiger partial charge in [0.15, 0.2) is 0 Å². The van der Waals surface area contributed by atoms with Crippen LogP contribution in [0.25, 0.3) is 0 Å². The molecule has 0 bridgehead atoms. The normalized spacial score (nSPS) is 11.2. The highest BCUT2D eigenvalue weighted by Crippen LogP contribution is 2.16. The summed E-state index contributed by atoms with van der Waals surface area (Å²) in [6.07, 6.45) is 0.346. The van der Waals surface area contributed by atoms with Gasteiger partial charge in [-0.15, -0.1) is 0 Å². The Morgan fingerprint density at radius 1 is 0.923 bits per heavy atom. The highest BCUT2D eigenvalue weighted by atomic mass is 32.2. The predicted molar refractivity (Wildman–Crippen MR) is 100 cm³/mol. The van der Waals surface area contributed by atoms with Gasteiger partial charge in [-0.2, -0.15) is 4.31 Å². The molecule has 0 aliphatic heterocycles. The summed E-state index contributed by atoms with van der Waals surface area (Å²) < 4.78 is 25.8. The van der Waals surface area contributed by atoms with Crippen LogP contribution in [-0.2, 0) is 19.6 Å². The van der Waals surface area contributed by atoms with Gasteiger partial charge in [0.05, 0.1) is 11.4 Å². The smallest absolute Gasteiger partial charge is 0.243 e. The number of likely N-dealkylation sites (N-methyl/N-ethyl adjacent to an activating group) is 1. The summed E-state index contributed by atoms with van der Waals surface area (Å²) in [7, 11) is -2.39. The summed E-state index contributed by atoms with van der Waals surface area (Å²) in [6.45, 7) is 1.41. The fraction of sp³-hybridized carbons (Fsp3) is 0.222. The zero-order chi connectivity index (χ0) is 19.2. The van der Waals surface area contributed by atoms with Crippen molar-refractivity contribution in [2.45, 2.75) is 18.2 Å². The molecule has 0 heterocycles. The van der Waals surface area contributed by atoms with Gasteiger partial charge in [0.1, 0.15) is 0 Å². The standard InChI is InChI=1S/C18H21N3O4S/c1-3-17(22)19-14-8-7-9-15(12-14)20-18(23)13-21(2)26(24,25)16-10-5-4-6-11-16/h4-12H,3,13H2,1-2H3,(H,19,22)(H,20,23). The van der Waals surface area contributed by atoms with Crippen LogP contribution < -0.4 is 10.6 Å². The van der Waals surface area contributed by atoms with Crippen LogP contribution in [0, 0.1) is 0 Å². The van der Waals surface area contributed by atoms with E-state index in [0.717, 1.165) is 4.31 Å². The van der Waals surface area contributed by atoms with Crippen molar-refractivity contribution in [3.8, 4) is 0 Å². The van der Waals surface area contributed by atoms with Gasteiger partial charge in [0, 0.05) is 24.8 Å². The SMILES string of the molecule is CCC(=O)Nc1cccc(NC(=O)CN(C)S(=O)(=O)c2ccccc2)c1. The van der Waals surface area contributed by atoms with Crippen LogP contribution in [-0.4, -0.2) is 38.1 Å². The zero-order valence-electron chi connectivity index (χ0n) is 14.6. The molecular formula is C18H21N3O4S. The third kappa shape index (κ3) is 5.14. The molecule has 2 aromatic rings. The topological polar surface area (TPSA) is 95.6 Å². The lowest BCUT2D eigenvalue weighted by atomic mass is 10.2. The van der Waals surface area contributed by atoms with Gasteiger partial charge in [-0.25, -0.2) is 8.42 Å². The second-order valence-electron chi connectivity index (χ2n) is 5.60. The van der Waals surface area contributed by atoms with Crippen molar-refractivity contribution in [3.05, 3.63) is 54.6 Å². The molecule has 138 valence electrons. The van der Waals surface area contributed by atoms with E-state index in [1.54, 1.807) is 49.4 Å². The monoisotopic (exact) mass is 375 g/mol. The van der Waals surface area contributed by atoms with E-state index in [9.17, 15) is 18.0 Å². The number of hydrogen-bond donors (Lipinski definition) is 2. The van der Waals surface area contributed by atoms with Gasteiger partial charge in [-0.3, -0.25) is 9.59 Å². The van der Waals surface area contributed by atoms with Gasteiger partial charge in [-0.05, 0) is 30.3 Å². The first-order valence-electron chi connectivity index (χ1n) is 8.04. The second-order valence-corrected chi connectivity index (χ2v) is 7.65. The number of nitrogens with one attached hydrogen (secondary N) is 2. The summed E-state index contributed by atoms with van der Waals surface area (Å²) in [5.41, 5.74) is 1.02. The maximum Gasteiger partial charge on any atom is 0.243 e. The third-order valence-electron chi connectivity index (χ3n) is 3.57. The lowest BCUT2D eigenvalue weighted by molar-refractivity contribution is -0.116. The van der Waals surface area contributed by atoms with Crippen LogP contribution in [0.15, 0.2) is 59.5 Å². The minimum Gasteiger partial charge on any atom is -0.326 e. The van der Waals surface area contributed by atoms with Crippen LogP contribution in [0.2, 0.25) is 0 Å². The number of carbonyl (C=O) groups is 2. The molecule has 2 amide bonds. The third-order valence-corrected chi connectivity index (χ3v) is 5.39. The highest BCUT2D eigenvalue weighted by Gasteiger charge is 2.22.